The molecule has 2 N–H and O–H groups in total. The molecule has 19 heavy (non-hydrogen) atoms. The molecule has 0 saturated carbocycles. The monoisotopic (exact) mass is 315 g/mol. The second-order valence-electron chi connectivity index (χ2n) is 3.95. The molecule has 0 aliphatic rings. The van der Waals surface area contributed by atoms with Gasteiger partial charge in [-0.25, -0.2) is 9.67 Å². The van der Waals surface area contributed by atoms with E-state index in [1.54, 1.807) is 29.5 Å². The van der Waals surface area contributed by atoms with Gasteiger partial charge in [-0.1, -0.05) is 0 Å². The summed E-state index contributed by atoms with van der Waals surface area (Å²) in [6.45, 7) is 0. The van der Waals surface area contributed by atoms with E-state index in [-0.39, 0.29) is 0 Å². The maximum Gasteiger partial charge on any atom is 0.153 e. The Morgan fingerprint density at radius 3 is 2.74 bits per heavy atom. The van der Waals surface area contributed by atoms with Gasteiger partial charge in [0.1, 0.15) is 5.69 Å². The van der Waals surface area contributed by atoms with E-state index < -0.39 is 0 Å². The molecule has 0 aliphatic heterocycles. The normalized spacial score (nSPS) is 10.6. The smallest absolute Gasteiger partial charge is 0.153 e. The maximum absolute atomic E-state index is 5.99. The second kappa shape index (κ2) is 4.81. The van der Waals surface area contributed by atoms with Gasteiger partial charge in [0.05, 0.1) is 11.9 Å². The summed E-state index contributed by atoms with van der Waals surface area (Å²) in [5.41, 5.74) is 8.18. The van der Waals surface area contributed by atoms with Crippen molar-refractivity contribution in [3.63, 3.8) is 0 Å². The van der Waals surface area contributed by atoms with Gasteiger partial charge >= 0.3 is 0 Å². The molecule has 0 unspecified atom stereocenters. The van der Waals surface area contributed by atoms with Crippen LogP contribution in [0, 0.1) is 0 Å². The van der Waals surface area contributed by atoms with Crippen LogP contribution < -0.4 is 5.73 Å². The molecule has 0 aliphatic carbocycles. The number of hydrogen-bond donors (Lipinski definition) is 1. The van der Waals surface area contributed by atoms with E-state index in [9.17, 15) is 0 Å². The van der Waals surface area contributed by atoms with Gasteiger partial charge in [0, 0.05) is 28.6 Å². The fourth-order valence-corrected chi connectivity index (χ4v) is 1.97. The van der Waals surface area contributed by atoms with E-state index in [2.05, 4.69) is 31.0 Å². The lowest BCUT2D eigenvalue weighted by Gasteiger charge is -1.99. The number of halogens is 1. The van der Waals surface area contributed by atoms with Crippen LogP contribution in [-0.2, 0) is 0 Å². The lowest BCUT2D eigenvalue weighted by Crippen LogP contribution is -1.97. The largest absolute Gasteiger partial charge is 0.396 e. The van der Waals surface area contributed by atoms with Crippen molar-refractivity contribution in [2.75, 3.05) is 5.73 Å². The zero-order valence-corrected chi connectivity index (χ0v) is 11.4. The SMILES string of the molecule is Nc1cn(-c2ccc(Br)cn2)nc1-c1cccnc1. The Kier molecular flexibility index (Phi) is 3.00. The molecular weight excluding hydrogens is 306 g/mol. The Bertz CT molecular complexity index is 691. The number of nitrogens with two attached hydrogens (primary N) is 1. The number of aromatic nitrogens is 4. The second-order valence-corrected chi connectivity index (χ2v) is 4.87. The van der Waals surface area contributed by atoms with Gasteiger partial charge in [-0.05, 0) is 40.2 Å². The highest BCUT2D eigenvalue weighted by Gasteiger charge is 2.10. The fraction of sp³-hybridized carbons (Fsp3) is 0. The summed E-state index contributed by atoms with van der Waals surface area (Å²) in [6.07, 6.45) is 6.92. The van der Waals surface area contributed by atoms with Crippen molar-refractivity contribution in [3.05, 3.63) is 53.5 Å². The molecule has 0 bridgehead atoms. The van der Waals surface area contributed by atoms with Crippen LogP contribution in [0.5, 0.6) is 0 Å². The molecule has 0 atom stereocenters. The van der Waals surface area contributed by atoms with Crippen LogP contribution >= 0.6 is 15.9 Å². The highest BCUT2D eigenvalue weighted by atomic mass is 79.9. The predicted octanol–water partition coefficient (Wildman–Crippen LogP) is 2.67. The molecule has 94 valence electrons. The Morgan fingerprint density at radius 2 is 2.05 bits per heavy atom. The number of hydrogen-bond acceptors (Lipinski definition) is 4. The summed E-state index contributed by atoms with van der Waals surface area (Å²) in [5, 5.41) is 4.45. The van der Waals surface area contributed by atoms with Crippen LogP contribution in [0.25, 0.3) is 17.1 Å². The molecule has 0 radical (unpaired) electrons. The minimum atomic E-state index is 0.595. The van der Waals surface area contributed by atoms with E-state index >= 15 is 0 Å². The summed E-state index contributed by atoms with van der Waals surface area (Å²) < 4.78 is 2.58. The Morgan fingerprint density at radius 1 is 1.16 bits per heavy atom. The number of rotatable bonds is 2. The summed E-state index contributed by atoms with van der Waals surface area (Å²) in [6, 6.07) is 7.55. The number of nitrogens with zero attached hydrogens (tertiary/aromatic N) is 4. The van der Waals surface area contributed by atoms with E-state index in [1.807, 2.05) is 24.3 Å². The van der Waals surface area contributed by atoms with Crippen LogP contribution in [0.4, 0.5) is 5.69 Å². The highest BCUT2D eigenvalue weighted by molar-refractivity contribution is 9.10. The van der Waals surface area contributed by atoms with Crippen LogP contribution in [0.1, 0.15) is 0 Å². The molecule has 0 saturated heterocycles. The van der Waals surface area contributed by atoms with Crippen molar-refractivity contribution in [2.24, 2.45) is 0 Å². The summed E-state index contributed by atoms with van der Waals surface area (Å²) in [4.78, 5) is 8.35. The summed E-state index contributed by atoms with van der Waals surface area (Å²) in [5.74, 6) is 0.713. The molecular formula is C13H10BrN5. The number of anilines is 1. The van der Waals surface area contributed by atoms with Gasteiger partial charge in [0.2, 0.25) is 0 Å². The maximum atomic E-state index is 5.99. The molecule has 6 heteroatoms. The third-order valence-corrected chi connectivity index (χ3v) is 3.09. The highest BCUT2D eigenvalue weighted by Crippen LogP contribution is 2.24. The predicted molar refractivity (Wildman–Crippen MR) is 76.7 cm³/mol. The zero-order valence-electron chi connectivity index (χ0n) is 9.86. The van der Waals surface area contributed by atoms with Crippen molar-refractivity contribution >= 4 is 21.6 Å². The minimum absolute atomic E-state index is 0.595. The third kappa shape index (κ3) is 2.34. The van der Waals surface area contributed by atoms with Gasteiger partial charge in [0.15, 0.2) is 5.82 Å². The zero-order chi connectivity index (χ0) is 13.2. The van der Waals surface area contributed by atoms with Crippen LogP contribution in [-0.4, -0.2) is 19.7 Å². The van der Waals surface area contributed by atoms with Crippen molar-refractivity contribution in [3.8, 4) is 17.1 Å². The molecule has 0 fully saturated rings. The minimum Gasteiger partial charge on any atom is -0.396 e. The van der Waals surface area contributed by atoms with Crippen molar-refractivity contribution in [1.82, 2.24) is 19.7 Å². The lowest BCUT2D eigenvalue weighted by atomic mass is 10.2. The first-order chi connectivity index (χ1) is 9.24. The first-order valence-electron chi connectivity index (χ1n) is 5.61. The molecule has 3 heterocycles. The van der Waals surface area contributed by atoms with Crippen LogP contribution in [0.2, 0.25) is 0 Å². The van der Waals surface area contributed by atoms with E-state index in [4.69, 9.17) is 5.73 Å². The van der Waals surface area contributed by atoms with E-state index in [1.165, 1.54) is 0 Å². The average molecular weight is 316 g/mol. The van der Waals surface area contributed by atoms with Crippen molar-refractivity contribution in [1.29, 1.82) is 0 Å². The Labute approximate surface area is 118 Å². The molecule has 3 aromatic rings. The van der Waals surface area contributed by atoms with E-state index in [0.29, 0.717) is 17.2 Å². The number of pyridine rings is 2. The molecule has 5 nitrogen and oxygen atoms in total. The first kappa shape index (κ1) is 11.9. The molecule has 3 rings (SSSR count). The molecule has 0 amide bonds. The molecule has 0 spiro atoms. The van der Waals surface area contributed by atoms with Gasteiger partial charge in [0.25, 0.3) is 0 Å². The van der Waals surface area contributed by atoms with Gasteiger partial charge in [-0.2, -0.15) is 5.10 Å². The standard InChI is InChI=1S/C13H10BrN5/c14-10-3-4-12(17-7-10)19-8-11(15)13(18-19)9-2-1-5-16-6-9/h1-8H,15H2. The van der Waals surface area contributed by atoms with Crippen molar-refractivity contribution in [2.45, 2.75) is 0 Å². The van der Waals surface area contributed by atoms with Gasteiger partial charge < -0.3 is 5.73 Å². The first-order valence-corrected chi connectivity index (χ1v) is 6.41. The van der Waals surface area contributed by atoms with Crippen LogP contribution in [0.15, 0.2) is 53.5 Å². The Balaban J connectivity index is 2.04. The fourth-order valence-electron chi connectivity index (χ4n) is 1.74. The topological polar surface area (TPSA) is 69.6 Å². The quantitative estimate of drug-likeness (QED) is 0.789. The van der Waals surface area contributed by atoms with Gasteiger partial charge in [-0.15, -0.1) is 0 Å². The summed E-state index contributed by atoms with van der Waals surface area (Å²) in [7, 11) is 0. The Hall–Kier alpha value is -2.21. The van der Waals surface area contributed by atoms with Gasteiger partial charge in [-0.3, -0.25) is 4.98 Å². The third-order valence-electron chi connectivity index (χ3n) is 2.62. The van der Waals surface area contributed by atoms with Crippen LogP contribution in [0.3, 0.4) is 0 Å². The number of nitrogen functional groups attached to an aromatic ring is 1. The lowest BCUT2D eigenvalue weighted by molar-refractivity contribution is 0.849. The summed E-state index contributed by atoms with van der Waals surface area (Å²) >= 11 is 3.35. The van der Waals surface area contributed by atoms with E-state index in [0.717, 1.165) is 10.0 Å². The average Bonchev–Trinajstić information content (AvgIpc) is 2.83. The molecule has 0 aromatic carbocycles. The molecule has 3 aromatic heterocycles. The van der Waals surface area contributed by atoms with Crippen molar-refractivity contribution < 1.29 is 0 Å².